The largest absolute Gasteiger partial charge is 0.287 e. The zero-order valence-corrected chi connectivity index (χ0v) is 11.8. The van der Waals surface area contributed by atoms with Crippen molar-refractivity contribution in [2.24, 2.45) is 0 Å². The highest BCUT2D eigenvalue weighted by Crippen LogP contribution is 2.18. The van der Waals surface area contributed by atoms with Gasteiger partial charge in [-0.05, 0) is 19.8 Å². The van der Waals surface area contributed by atoms with E-state index in [2.05, 4.69) is 23.8 Å². The van der Waals surface area contributed by atoms with Crippen molar-refractivity contribution in [3.63, 3.8) is 0 Å². The van der Waals surface area contributed by atoms with Crippen molar-refractivity contribution in [2.75, 3.05) is 0 Å². The van der Waals surface area contributed by atoms with E-state index in [0.29, 0.717) is 22.9 Å². The van der Waals surface area contributed by atoms with Crippen LogP contribution in [0, 0.1) is 13.8 Å². The lowest BCUT2D eigenvalue weighted by atomic mass is 10.0. The lowest BCUT2D eigenvalue weighted by Gasteiger charge is -2.11. The summed E-state index contributed by atoms with van der Waals surface area (Å²) in [6.07, 6.45) is 0. The van der Waals surface area contributed by atoms with E-state index in [1.807, 2.05) is 32.0 Å². The Morgan fingerprint density at radius 2 is 1.63 bits per heavy atom. The molecule has 0 bridgehead atoms. The van der Waals surface area contributed by atoms with Crippen LogP contribution < -0.4 is 0 Å². The van der Waals surface area contributed by atoms with Crippen molar-refractivity contribution >= 4 is 5.78 Å². The van der Waals surface area contributed by atoms with E-state index in [4.69, 9.17) is 0 Å². The Balaban J connectivity index is 2.47. The summed E-state index contributed by atoms with van der Waals surface area (Å²) >= 11 is 0. The molecule has 0 atom stereocenters. The predicted octanol–water partition coefficient (Wildman–Crippen LogP) is 3.45. The molecule has 0 aliphatic carbocycles. The molecule has 1 aromatic heterocycles. The van der Waals surface area contributed by atoms with Gasteiger partial charge in [0.25, 0.3) is 0 Å². The van der Waals surface area contributed by atoms with Gasteiger partial charge >= 0.3 is 0 Å². The first-order chi connectivity index (χ1) is 9.00. The lowest BCUT2D eigenvalue weighted by molar-refractivity contribution is 0.103. The van der Waals surface area contributed by atoms with Gasteiger partial charge < -0.3 is 0 Å². The Kier molecular flexibility index (Phi) is 3.74. The molecule has 0 aliphatic heterocycles. The molecule has 0 fully saturated rings. The van der Waals surface area contributed by atoms with Crippen LogP contribution in [0.4, 0.5) is 0 Å². The van der Waals surface area contributed by atoms with Crippen molar-refractivity contribution in [1.29, 1.82) is 0 Å². The van der Waals surface area contributed by atoms with Crippen LogP contribution in [0.3, 0.4) is 0 Å². The van der Waals surface area contributed by atoms with E-state index >= 15 is 0 Å². The lowest BCUT2D eigenvalue weighted by Crippen LogP contribution is -2.12. The SMILES string of the molecule is Cc1nc(C(C)C)c(C)nc1C(=O)c1ccccc1. The summed E-state index contributed by atoms with van der Waals surface area (Å²) in [6, 6.07) is 9.20. The molecule has 0 spiro atoms. The van der Waals surface area contributed by atoms with Crippen molar-refractivity contribution < 1.29 is 4.79 Å². The fourth-order valence-corrected chi connectivity index (χ4v) is 2.11. The first-order valence-electron chi connectivity index (χ1n) is 6.45. The number of nitrogens with zero attached hydrogens (tertiary/aromatic N) is 2. The van der Waals surface area contributed by atoms with E-state index in [-0.39, 0.29) is 5.78 Å². The maximum Gasteiger partial charge on any atom is 0.213 e. The summed E-state index contributed by atoms with van der Waals surface area (Å²) in [5, 5.41) is 0. The molecule has 98 valence electrons. The molecular weight excluding hydrogens is 236 g/mol. The molecule has 0 aliphatic rings. The normalized spacial score (nSPS) is 10.8. The Morgan fingerprint density at radius 1 is 1.00 bits per heavy atom. The van der Waals surface area contributed by atoms with Gasteiger partial charge in [0.15, 0.2) is 0 Å². The molecule has 3 nitrogen and oxygen atoms in total. The number of rotatable bonds is 3. The summed E-state index contributed by atoms with van der Waals surface area (Å²) in [6.45, 7) is 7.91. The molecule has 0 radical (unpaired) electrons. The van der Waals surface area contributed by atoms with Gasteiger partial charge in [-0.3, -0.25) is 9.78 Å². The van der Waals surface area contributed by atoms with Crippen LogP contribution in [0.25, 0.3) is 0 Å². The minimum Gasteiger partial charge on any atom is -0.287 e. The highest BCUT2D eigenvalue weighted by Gasteiger charge is 2.17. The molecule has 0 unspecified atom stereocenters. The molecule has 3 heteroatoms. The number of benzene rings is 1. The maximum atomic E-state index is 12.4. The quantitative estimate of drug-likeness (QED) is 0.788. The summed E-state index contributed by atoms with van der Waals surface area (Å²) < 4.78 is 0. The molecule has 19 heavy (non-hydrogen) atoms. The molecule has 0 N–H and O–H groups in total. The van der Waals surface area contributed by atoms with Crippen molar-refractivity contribution in [3.05, 3.63) is 58.7 Å². The summed E-state index contributed by atoms with van der Waals surface area (Å²) in [5.41, 5.74) is 3.59. The summed E-state index contributed by atoms with van der Waals surface area (Å²) in [7, 11) is 0. The third-order valence-corrected chi connectivity index (χ3v) is 3.08. The van der Waals surface area contributed by atoms with E-state index in [0.717, 1.165) is 11.4 Å². The van der Waals surface area contributed by atoms with Gasteiger partial charge in [-0.2, -0.15) is 0 Å². The molecule has 1 aromatic carbocycles. The third-order valence-electron chi connectivity index (χ3n) is 3.08. The number of hydrogen-bond acceptors (Lipinski definition) is 3. The number of aryl methyl sites for hydroxylation is 2. The number of aromatic nitrogens is 2. The summed E-state index contributed by atoms with van der Waals surface area (Å²) in [4.78, 5) is 21.4. The van der Waals surface area contributed by atoms with Crippen LogP contribution in [0.1, 0.15) is 52.9 Å². The van der Waals surface area contributed by atoms with E-state index in [9.17, 15) is 4.79 Å². The van der Waals surface area contributed by atoms with Crippen molar-refractivity contribution in [2.45, 2.75) is 33.6 Å². The first-order valence-corrected chi connectivity index (χ1v) is 6.45. The fraction of sp³-hybridized carbons (Fsp3) is 0.312. The van der Waals surface area contributed by atoms with E-state index in [1.54, 1.807) is 12.1 Å². The topological polar surface area (TPSA) is 42.9 Å². The van der Waals surface area contributed by atoms with Crippen LogP contribution in [0.15, 0.2) is 30.3 Å². The van der Waals surface area contributed by atoms with Crippen LogP contribution in [-0.4, -0.2) is 15.8 Å². The van der Waals surface area contributed by atoms with Gasteiger partial charge in [0.05, 0.1) is 17.1 Å². The molecular formula is C16H18N2O. The fourth-order valence-electron chi connectivity index (χ4n) is 2.11. The second-order valence-electron chi connectivity index (χ2n) is 4.98. The Hall–Kier alpha value is -2.03. The molecule has 2 rings (SSSR count). The van der Waals surface area contributed by atoms with Gasteiger partial charge in [0.1, 0.15) is 5.69 Å². The highest BCUT2D eigenvalue weighted by atomic mass is 16.1. The monoisotopic (exact) mass is 254 g/mol. The second kappa shape index (κ2) is 5.31. The minimum atomic E-state index is -0.0657. The maximum absolute atomic E-state index is 12.4. The minimum absolute atomic E-state index is 0.0657. The predicted molar refractivity (Wildman–Crippen MR) is 75.5 cm³/mol. The third kappa shape index (κ3) is 2.70. The van der Waals surface area contributed by atoms with Gasteiger partial charge in [-0.15, -0.1) is 0 Å². The average molecular weight is 254 g/mol. The molecule has 0 saturated carbocycles. The van der Waals surface area contributed by atoms with Crippen LogP contribution in [0.2, 0.25) is 0 Å². The number of carbonyl (C=O) groups excluding carboxylic acids is 1. The highest BCUT2D eigenvalue weighted by molar-refractivity contribution is 6.08. The Labute approximate surface area is 113 Å². The number of carbonyl (C=O) groups is 1. The Bertz CT molecular complexity index is 604. The number of ketones is 1. The Morgan fingerprint density at radius 3 is 2.21 bits per heavy atom. The zero-order valence-electron chi connectivity index (χ0n) is 11.8. The van der Waals surface area contributed by atoms with Gasteiger partial charge in [-0.25, -0.2) is 4.98 Å². The zero-order chi connectivity index (χ0) is 14.0. The van der Waals surface area contributed by atoms with Crippen molar-refractivity contribution in [1.82, 2.24) is 9.97 Å². The van der Waals surface area contributed by atoms with Gasteiger partial charge in [0.2, 0.25) is 5.78 Å². The standard InChI is InChI=1S/C16H18N2O/c1-10(2)14-11(3)18-15(12(4)17-14)16(19)13-8-6-5-7-9-13/h5-10H,1-4H3. The van der Waals surface area contributed by atoms with Crippen LogP contribution in [-0.2, 0) is 0 Å². The molecule has 0 amide bonds. The summed E-state index contributed by atoms with van der Waals surface area (Å²) in [5.74, 6) is 0.246. The molecule has 1 heterocycles. The van der Waals surface area contributed by atoms with Crippen LogP contribution in [0.5, 0.6) is 0 Å². The number of hydrogen-bond donors (Lipinski definition) is 0. The van der Waals surface area contributed by atoms with Crippen molar-refractivity contribution in [3.8, 4) is 0 Å². The van der Waals surface area contributed by atoms with Gasteiger partial charge in [-0.1, -0.05) is 44.2 Å². The molecule has 2 aromatic rings. The van der Waals surface area contributed by atoms with Gasteiger partial charge in [0, 0.05) is 5.56 Å². The second-order valence-corrected chi connectivity index (χ2v) is 4.98. The first kappa shape index (κ1) is 13.4. The smallest absolute Gasteiger partial charge is 0.213 e. The average Bonchev–Trinajstić information content (AvgIpc) is 2.41. The van der Waals surface area contributed by atoms with Crippen LogP contribution >= 0.6 is 0 Å². The van der Waals surface area contributed by atoms with E-state index in [1.165, 1.54) is 0 Å². The van der Waals surface area contributed by atoms with E-state index < -0.39 is 0 Å². The molecule has 0 saturated heterocycles.